The topological polar surface area (TPSA) is 75.3 Å². The van der Waals surface area contributed by atoms with Gasteiger partial charge in [-0.3, -0.25) is 0 Å². The lowest BCUT2D eigenvalue weighted by molar-refractivity contribution is -0.160. The van der Waals surface area contributed by atoms with E-state index in [1.54, 1.807) is 6.33 Å². The second kappa shape index (κ2) is 3.06. The van der Waals surface area contributed by atoms with E-state index in [2.05, 4.69) is 20.9 Å². The molecule has 1 unspecified atom stereocenters. The van der Waals surface area contributed by atoms with Crippen LogP contribution in [-0.2, 0) is 17.8 Å². The van der Waals surface area contributed by atoms with E-state index in [1.807, 2.05) is 4.57 Å². The Balaban J connectivity index is 2.37. The van der Waals surface area contributed by atoms with Gasteiger partial charge in [0.05, 0.1) is 12.0 Å². The molecule has 1 aliphatic heterocycles. The van der Waals surface area contributed by atoms with Crippen LogP contribution in [0.5, 0.6) is 0 Å². The molecule has 2 rings (SSSR count). The van der Waals surface area contributed by atoms with Gasteiger partial charge in [-0.05, 0) is 15.9 Å². The largest absolute Gasteiger partial charge is 0.479 e. The first-order valence-electron chi connectivity index (χ1n) is 4.18. The molecule has 2 N–H and O–H groups in total. The van der Waals surface area contributed by atoms with Crippen LogP contribution in [0.3, 0.4) is 0 Å². The van der Waals surface area contributed by atoms with Gasteiger partial charge in [-0.1, -0.05) is 0 Å². The molecule has 2 heterocycles. The number of aliphatic carboxylic acids is 1. The first-order chi connectivity index (χ1) is 6.53. The number of aromatic nitrogens is 2. The number of aliphatic hydroxyl groups is 1. The van der Waals surface area contributed by atoms with Crippen molar-refractivity contribution in [2.45, 2.75) is 25.0 Å². The predicted molar refractivity (Wildman–Crippen MR) is 50.8 cm³/mol. The maximum absolute atomic E-state index is 10.8. The normalized spacial score (nSPS) is 25.9. The van der Waals surface area contributed by atoms with Crippen LogP contribution in [-0.4, -0.2) is 31.3 Å². The molecule has 1 aromatic rings. The SMILES string of the molecule is O=C(O)C1(O)CCn2cnc(Br)c2C1. The number of imidazole rings is 1. The zero-order valence-corrected chi connectivity index (χ0v) is 8.86. The molecule has 0 aromatic carbocycles. The van der Waals surface area contributed by atoms with E-state index >= 15 is 0 Å². The summed E-state index contributed by atoms with van der Waals surface area (Å²) in [6, 6.07) is 0. The highest BCUT2D eigenvalue weighted by molar-refractivity contribution is 9.10. The van der Waals surface area contributed by atoms with Crippen molar-refractivity contribution < 1.29 is 15.0 Å². The monoisotopic (exact) mass is 260 g/mol. The summed E-state index contributed by atoms with van der Waals surface area (Å²) >= 11 is 3.22. The van der Waals surface area contributed by atoms with Gasteiger partial charge in [-0.2, -0.15) is 0 Å². The average Bonchev–Trinajstić information content (AvgIpc) is 2.48. The molecule has 6 heteroatoms. The van der Waals surface area contributed by atoms with Gasteiger partial charge >= 0.3 is 5.97 Å². The lowest BCUT2D eigenvalue weighted by atomic mass is 9.91. The molecule has 0 aliphatic carbocycles. The van der Waals surface area contributed by atoms with Crippen LogP contribution >= 0.6 is 15.9 Å². The number of nitrogens with zero attached hydrogens (tertiary/aromatic N) is 2. The van der Waals surface area contributed by atoms with Gasteiger partial charge in [0.25, 0.3) is 0 Å². The maximum atomic E-state index is 10.8. The third-order valence-electron chi connectivity index (χ3n) is 2.52. The highest BCUT2D eigenvalue weighted by Gasteiger charge is 2.40. The molecule has 1 aliphatic rings. The first kappa shape index (κ1) is 9.67. The molecule has 0 spiro atoms. The molecular formula is C8H9BrN2O3. The van der Waals surface area contributed by atoms with Crippen LogP contribution in [0.4, 0.5) is 0 Å². The van der Waals surface area contributed by atoms with Gasteiger partial charge < -0.3 is 14.8 Å². The Kier molecular flexibility index (Phi) is 2.11. The van der Waals surface area contributed by atoms with Crippen molar-refractivity contribution >= 4 is 21.9 Å². The summed E-state index contributed by atoms with van der Waals surface area (Å²) in [5.74, 6) is -1.17. The number of hydrogen-bond acceptors (Lipinski definition) is 3. The molecule has 0 bridgehead atoms. The number of rotatable bonds is 1. The summed E-state index contributed by atoms with van der Waals surface area (Å²) in [7, 11) is 0. The van der Waals surface area contributed by atoms with Crippen LogP contribution in [0.1, 0.15) is 12.1 Å². The number of halogens is 1. The second-order valence-electron chi connectivity index (χ2n) is 3.44. The Hall–Kier alpha value is -0.880. The van der Waals surface area contributed by atoms with E-state index in [9.17, 15) is 9.90 Å². The van der Waals surface area contributed by atoms with Crippen molar-refractivity contribution in [3.8, 4) is 0 Å². The summed E-state index contributed by atoms with van der Waals surface area (Å²) in [5, 5.41) is 18.6. The van der Waals surface area contributed by atoms with E-state index in [0.717, 1.165) is 5.69 Å². The van der Waals surface area contributed by atoms with E-state index in [-0.39, 0.29) is 12.8 Å². The van der Waals surface area contributed by atoms with Gasteiger partial charge in [-0.25, -0.2) is 9.78 Å². The van der Waals surface area contributed by atoms with Crippen molar-refractivity contribution in [1.82, 2.24) is 9.55 Å². The van der Waals surface area contributed by atoms with Gasteiger partial charge in [-0.15, -0.1) is 0 Å². The zero-order valence-electron chi connectivity index (χ0n) is 7.27. The van der Waals surface area contributed by atoms with Crippen LogP contribution in [0.15, 0.2) is 10.9 Å². The Bertz CT molecular complexity index is 390. The minimum Gasteiger partial charge on any atom is -0.479 e. The smallest absolute Gasteiger partial charge is 0.336 e. The highest BCUT2D eigenvalue weighted by Crippen LogP contribution is 2.28. The molecule has 0 saturated carbocycles. The Morgan fingerprint density at radius 1 is 1.71 bits per heavy atom. The summed E-state index contributed by atoms with van der Waals surface area (Å²) in [5.41, 5.74) is -0.903. The number of aryl methyl sites for hydroxylation is 1. The number of hydrogen-bond donors (Lipinski definition) is 2. The van der Waals surface area contributed by atoms with Crippen molar-refractivity contribution in [2.24, 2.45) is 0 Å². The quantitative estimate of drug-likeness (QED) is 0.767. The van der Waals surface area contributed by atoms with Crippen LogP contribution in [0.2, 0.25) is 0 Å². The fraction of sp³-hybridized carbons (Fsp3) is 0.500. The molecule has 76 valence electrons. The van der Waals surface area contributed by atoms with Gasteiger partial charge in [0.1, 0.15) is 4.60 Å². The summed E-state index contributed by atoms with van der Waals surface area (Å²) in [6.07, 6.45) is 1.96. The van der Waals surface area contributed by atoms with Crippen molar-refractivity contribution in [2.75, 3.05) is 0 Å². The molecule has 1 atom stereocenters. The van der Waals surface area contributed by atoms with E-state index in [1.165, 1.54) is 0 Å². The van der Waals surface area contributed by atoms with Crippen molar-refractivity contribution in [3.63, 3.8) is 0 Å². The molecule has 14 heavy (non-hydrogen) atoms. The summed E-state index contributed by atoms with van der Waals surface area (Å²) in [4.78, 5) is 14.8. The van der Waals surface area contributed by atoms with Crippen molar-refractivity contribution in [1.29, 1.82) is 0 Å². The van der Waals surface area contributed by atoms with E-state index in [0.29, 0.717) is 11.1 Å². The van der Waals surface area contributed by atoms with Gasteiger partial charge in [0, 0.05) is 19.4 Å². The average molecular weight is 261 g/mol. The van der Waals surface area contributed by atoms with Crippen LogP contribution < -0.4 is 0 Å². The Labute approximate surface area is 88.5 Å². The van der Waals surface area contributed by atoms with E-state index < -0.39 is 11.6 Å². The number of carboxylic acids is 1. The summed E-state index contributed by atoms with van der Waals surface area (Å²) < 4.78 is 2.46. The van der Waals surface area contributed by atoms with Crippen LogP contribution in [0.25, 0.3) is 0 Å². The Morgan fingerprint density at radius 3 is 3.07 bits per heavy atom. The third-order valence-corrected chi connectivity index (χ3v) is 3.18. The van der Waals surface area contributed by atoms with E-state index in [4.69, 9.17) is 5.11 Å². The molecule has 0 amide bonds. The second-order valence-corrected chi connectivity index (χ2v) is 4.19. The molecule has 0 fully saturated rings. The fourth-order valence-corrected chi connectivity index (χ4v) is 2.06. The molecule has 5 nitrogen and oxygen atoms in total. The van der Waals surface area contributed by atoms with Crippen molar-refractivity contribution in [3.05, 3.63) is 16.6 Å². The van der Waals surface area contributed by atoms with Gasteiger partial charge in [0.15, 0.2) is 5.60 Å². The molecule has 0 radical (unpaired) electrons. The molecule has 1 aromatic heterocycles. The molecular weight excluding hydrogens is 252 g/mol. The number of carbonyl (C=O) groups is 1. The minimum atomic E-state index is -1.64. The standard InChI is InChI=1S/C8H9BrN2O3/c9-6-5-3-8(14,7(12)13)1-2-11(5)4-10-6/h4,14H,1-3H2,(H,12,13). The molecule has 0 saturated heterocycles. The first-order valence-corrected chi connectivity index (χ1v) is 4.97. The third kappa shape index (κ3) is 1.34. The number of carboxylic acid groups (broad SMARTS) is 1. The summed E-state index contributed by atoms with van der Waals surface area (Å²) in [6.45, 7) is 0.483. The fourth-order valence-electron chi connectivity index (χ4n) is 1.60. The predicted octanol–water partition coefficient (Wildman–Crippen LogP) is 0.407. The number of fused-ring (bicyclic) bond motifs is 1. The van der Waals surface area contributed by atoms with Gasteiger partial charge in [0.2, 0.25) is 0 Å². The van der Waals surface area contributed by atoms with Crippen LogP contribution in [0, 0.1) is 0 Å². The maximum Gasteiger partial charge on any atom is 0.336 e. The zero-order chi connectivity index (χ0) is 10.3. The minimum absolute atomic E-state index is 0.100. The lowest BCUT2D eigenvalue weighted by Crippen LogP contribution is -2.45. The highest BCUT2D eigenvalue weighted by atomic mass is 79.9. The lowest BCUT2D eigenvalue weighted by Gasteiger charge is -2.28. The Morgan fingerprint density at radius 2 is 2.43 bits per heavy atom.